The molecule has 1 N–H and O–H groups in total. The highest BCUT2D eigenvalue weighted by atomic mass is 16.4. The molecule has 0 aromatic rings. The van der Waals surface area contributed by atoms with Crippen LogP contribution in [-0.2, 0) is 9.59 Å². The molecule has 3 heteroatoms. The quantitative estimate of drug-likeness (QED) is 0.395. The minimum atomic E-state index is -0.704. The van der Waals surface area contributed by atoms with Crippen LogP contribution in [0.2, 0.25) is 0 Å². The Kier molecular flexibility index (Phi) is 12.5. The van der Waals surface area contributed by atoms with Gasteiger partial charge < -0.3 is 5.11 Å². The van der Waals surface area contributed by atoms with E-state index in [9.17, 15) is 9.59 Å². The topological polar surface area (TPSA) is 54.4 Å². The first-order chi connectivity index (χ1) is 9.16. The highest BCUT2D eigenvalue weighted by Gasteiger charge is 1.97. The second-order valence-electron chi connectivity index (χ2n) is 5.03. The van der Waals surface area contributed by atoms with E-state index >= 15 is 0 Å². The number of aliphatic carboxylic acids is 1. The van der Waals surface area contributed by atoms with Crippen molar-refractivity contribution in [2.24, 2.45) is 0 Å². The lowest BCUT2D eigenvalue weighted by Crippen LogP contribution is -1.93. The van der Waals surface area contributed by atoms with Crippen molar-refractivity contribution < 1.29 is 14.7 Å². The van der Waals surface area contributed by atoms with Gasteiger partial charge in [-0.15, -0.1) is 0 Å². The molecule has 0 amide bonds. The van der Waals surface area contributed by atoms with Crippen molar-refractivity contribution in [1.82, 2.24) is 0 Å². The molecule has 0 atom stereocenters. The van der Waals surface area contributed by atoms with Crippen LogP contribution in [0.25, 0.3) is 0 Å². The molecule has 0 rings (SSSR count). The van der Waals surface area contributed by atoms with E-state index in [4.69, 9.17) is 5.11 Å². The molecule has 0 aromatic carbocycles. The van der Waals surface area contributed by atoms with Crippen LogP contribution in [0.4, 0.5) is 0 Å². The normalized spacial score (nSPS) is 11.0. The van der Waals surface area contributed by atoms with Crippen molar-refractivity contribution in [3.8, 4) is 0 Å². The zero-order chi connectivity index (χ0) is 14.3. The molecule has 0 saturated carbocycles. The molecule has 0 aliphatic heterocycles. The summed E-state index contributed by atoms with van der Waals surface area (Å²) in [4.78, 5) is 21.7. The van der Waals surface area contributed by atoms with Crippen molar-refractivity contribution in [2.45, 2.75) is 77.6 Å². The minimum Gasteiger partial charge on any atom is -0.481 e. The molecule has 0 spiro atoms. The van der Waals surface area contributed by atoms with Gasteiger partial charge in [0.15, 0.2) is 5.78 Å². The zero-order valence-electron chi connectivity index (χ0n) is 12.2. The van der Waals surface area contributed by atoms with E-state index in [1.807, 2.05) is 6.08 Å². The fraction of sp³-hybridized carbons (Fsp3) is 0.750. The van der Waals surface area contributed by atoms with Crippen LogP contribution >= 0.6 is 0 Å². The molecule has 0 unspecified atom stereocenters. The SMILES string of the molecule is CCCCCC(=O)/C=C/CCCCCCCC(=O)O. The number of carboxylic acids is 1. The van der Waals surface area contributed by atoms with E-state index in [1.165, 1.54) is 0 Å². The molecule has 0 aliphatic rings. The number of carbonyl (C=O) groups excluding carboxylic acids is 1. The first kappa shape index (κ1) is 17.9. The monoisotopic (exact) mass is 268 g/mol. The number of unbranched alkanes of at least 4 members (excludes halogenated alkanes) is 7. The van der Waals surface area contributed by atoms with Crippen LogP contribution in [0.1, 0.15) is 77.6 Å². The molecule has 0 fully saturated rings. The van der Waals surface area contributed by atoms with E-state index in [0.29, 0.717) is 6.42 Å². The molecular formula is C16H28O3. The van der Waals surface area contributed by atoms with Gasteiger partial charge in [0.1, 0.15) is 0 Å². The number of carbonyl (C=O) groups is 2. The van der Waals surface area contributed by atoms with Crippen LogP contribution in [0, 0.1) is 0 Å². The molecule has 3 nitrogen and oxygen atoms in total. The predicted molar refractivity (Wildman–Crippen MR) is 78.2 cm³/mol. The van der Waals surface area contributed by atoms with Crippen molar-refractivity contribution in [3.05, 3.63) is 12.2 Å². The highest BCUT2D eigenvalue weighted by molar-refractivity contribution is 5.89. The van der Waals surface area contributed by atoms with Gasteiger partial charge in [-0.2, -0.15) is 0 Å². The van der Waals surface area contributed by atoms with E-state index in [1.54, 1.807) is 6.08 Å². The maximum absolute atomic E-state index is 11.4. The van der Waals surface area contributed by atoms with Gasteiger partial charge in [-0.3, -0.25) is 9.59 Å². The third-order valence-corrected chi connectivity index (χ3v) is 3.09. The molecular weight excluding hydrogens is 240 g/mol. The summed E-state index contributed by atoms with van der Waals surface area (Å²) in [6.45, 7) is 2.14. The summed E-state index contributed by atoms with van der Waals surface area (Å²) in [7, 11) is 0. The van der Waals surface area contributed by atoms with Gasteiger partial charge in [-0.1, -0.05) is 45.1 Å². The fourth-order valence-corrected chi connectivity index (χ4v) is 1.92. The second kappa shape index (κ2) is 13.3. The standard InChI is InChI=1S/C16H28O3/c1-2-3-9-12-15(17)13-10-7-5-4-6-8-11-14-16(18)19/h10,13H,2-9,11-12,14H2,1H3,(H,18,19)/b13-10+. The van der Waals surface area contributed by atoms with Crippen LogP contribution in [0.5, 0.6) is 0 Å². The Balaban J connectivity index is 3.28. The molecule has 0 saturated heterocycles. The van der Waals surface area contributed by atoms with Gasteiger partial charge in [-0.25, -0.2) is 0 Å². The van der Waals surface area contributed by atoms with Crippen molar-refractivity contribution in [2.75, 3.05) is 0 Å². The zero-order valence-corrected chi connectivity index (χ0v) is 12.2. The van der Waals surface area contributed by atoms with E-state index < -0.39 is 5.97 Å². The summed E-state index contributed by atoms with van der Waals surface area (Å²) < 4.78 is 0. The van der Waals surface area contributed by atoms with E-state index in [-0.39, 0.29) is 12.2 Å². The second-order valence-corrected chi connectivity index (χ2v) is 5.03. The Morgan fingerprint density at radius 2 is 1.53 bits per heavy atom. The molecule has 110 valence electrons. The number of ketones is 1. The van der Waals surface area contributed by atoms with Gasteiger partial charge >= 0.3 is 5.97 Å². The number of rotatable bonds is 13. The summed E-state index contributed by atoms with van der Waals surface area (Å²) in [5, 5.41) is 8.47. The molecule has 0 bridgehead atoms. The van der Waals surface area contributed by atoms with Gasteiger partial charge in [0.05, 0.1) is 0 Å². The van der Waals surface area contributed by atoms with Crippen LogP contribution in [0.15, 0.2) is 12.2 Å². The first-order valence-electron chi connectivity index (χ1n) is 7.58. The molecule has 0 aliphatic carbocycles. The van der Waals surface area contributed by atoms with E-state index in [2.05, 4.69) is 6.92 Å². The third kappa shape index (κ3) is 14.8. The summed E-state index contributed by atoms with van der Waals surface area (Å²) in [5.41, 5.74) is 0. The maximum atomic E-state index is 11.4. The van der Waals surface area contributed by atoms with Gasteiger partial charge in [-0.05, 0) is 31.8 Å². The van der Waals surface area contributed by atoms with Crippen LogP contribution in [-0.4, -0.2) is 16.9 Å². The number of allylic oxidation sites excluding steroid dienone is 2. The minimum absolute atomic E-state index is 0.245. The summed E-state index contributed by atoms with van der Waals surface area (Å²) in [6, 6.07) is 0. The van der Waals surface area contributed by atoms with E-state index in [0.717, 1.165) is 57.8 Å². The Labute approximate surface area is 117 Å². The predicted octanol–water partition coefficient (Wildman–Crippen LogP) is 4.51. The molecule has 0 aromatic heterocycles. The average molecular weight is 268 g/mol. The Bertz CT molecular complexity index is 269. The van der Waals surface area contributed by atoms with Crippen molar-refractivity contribution >= 4 is 11.8 Å². The molecule has 0 radical (unpaired) electrons. The first-order valence-corrected chi connectivity index (χ1v) is 7.58. The maximum Gasteiger partial charge on any atom is 0.303 e. The Morgan fingerprint density at radius 3 is 2.21 bits per heavy atom. The largest absolute Gasteiger partial charge is 0.481 e. The number of hydrogen-bond donors (Lipinski definition) is 1. The summed E-state index contributed by atoms with van der Waals surface area (Å²) in [5.74, 6) is -0.459. The van der Waals surface area contributed by atoms with Crippen LogP contribution in [0.3, 0.4) is 0 Å². The summed E-state index contributed by atoms with van der Waals surface area (Å²) in [6.07, 6.45) is 14.0. The Morgan fingerprint density at radius 1 is 0.895 bits per heavy atom. The lowest BCUT2D eigenvalue weighted by Gasteiger charge is -1.98. The van der Waals surface area contributed by atoms with Gasteiger partial charge in [0, 0.05) is 12.8 Å². The number of hydrogen-bond acceptors (Lipinski definition) is 2. The smallest absolute Gasteiger partial charge is 0.303 e. The van der Waals surface area contributed by atoms with Crippen LogP contribution < -0.4 is 0 Å². The van der Waals surface area contributed by atoms with Gasteiger partial charge in [0.2, 0.25) is 0 Å². The lowest BCUT2D eigenvalue weighted by atomic mass is 10.1. The average Bonchev–Trinajstić information content (AvgIpc) is 2.36. The molecule has 19 heavy (non-hydrogen) atoms. The lowest BCUT2D eigenvalue weighted by molar-refractivity contribution is -0.137. The van der Waals surface area contributed by atoms with Gasteiger partial charge in [0.25, 0.3) is 0 Å². The third-order valence-electron chi connectivity index (χ3n) is 3.09. The fourth-order valence-electron chi connectivity index (χ4n) is 1.92. The van der Waals surface area contributed by atoms with Crippen molar-refractivity contribution in [1.29, 1.82) is 0 Å². The Hall–Kier alpha value is -1.12. The summed E-state index contributed by atoms with van der Waals surface area (Å²) >= 11 is 0. The van der Waals surface area contributed by atoms with Crippen molar-refractivity contribution in [3.63, 3.8) is 0 Å². The number of carboxylic acid groups (broad SMARTS) is 1. The highest BCUT2D eigenvalue weighted by Crippen LogP contribution is 2.08. The molecule has 0 heterocycles.